The van der Waals surface area contributed by atoms with Crippen LogP contribution in [0.4, 0.5) is 0 Å². The first-order chi connectivity index (χ1) is 11.8. The maximum atomic E-state index is 6.59. The predicted molar refractivity (Wildman–Crippen MR) is 106 cm³/mol. The molecule has 0 atom stereocenters. The molecule has 2 heteroatoms. The van der Waals surface area contributed by atoms with E-state index in [1.807, 2.05) is 0 Å². The molecule has 0 fully saturated rings. The number of rotatable bonds is 1. The smallest absolute Gasteiger partial charge is 0.0116 e. The predicted octanol–water partition coefficient (Wildman–Crippen LogP) is 6.46. The first-order valence-corrected chi connectivity index (χ1v) is 10.7. The van der Waals surface area contributed by atoms with Crippen molar-refractivity contribution >= 4 is 0 Å². The van der Waals surface area contributed by atoms with Crippen LogP contribution in [0.15, 0.2) is 22.5 Å². The van der Waals surface area contributed by atoms with Crippen molar-refractivity contribution in [3.8, 4) is 0 Å². The summed E-state index contributed by atoms with van der Waals surface area (Å²) >= 11 is 0. The largest absolute Gasteiger partial charge is 0.402 e. The van der Waals surface area contributed by atoms with Gasteiger partial charge in [0, 0.05) is 11.4 Å². The van der Waals surface area contributed by atoms with Gasteiger partial charge in [0.25, 0.3) is 0 Å². The van der Waals surface area contributed by atoms with Gasteiger partial charge in [-0.15, -0.1) is 0 Å². The van der Waals surface area contributed by atoms with Gasteiger partial charge in [0.2, 0.25) is 0 Å². The summed E-state index contributed by atoms with van der Waals surface area (Å²) in [6.45, 7) is 0. The molecule has 0 unspecified atom stereocenters. The monoisotopic (exact) mass is 332 g/mol. The van der Waals surface area contributed by atoms with E-state index in [4.69, 9.17) is 11.5 Å². The zero-order valence-electron chi connectivity index (χ0n) is 15.9. The van der Waals surface area contributed by atoms with Gasteiger partial charge in [-0.25, -0.2) is 0 Å². The molecular weight excluding hydrogens is 292 g/mol. The van der Waals surface area contributed by atoms with Gasteiger partial charge in [-0.3, -0.25) is 0 Å². The van der Waals surface area contributed by atoms with E-state index in [2.05, 4.69) is 0 Å². The first-order valence-electron chi connectivity index (χ1n) is 10.7. The van der Waals surface area contributed by atoms with Crippen LogP contribution in [0.25, 0.3) is 0 Å². The van der Waals surface area contributed by atoms with Crippen molar-refractivity contribution in [1.29, 1.82) is 0 Å². The molecule has 0 bridgehead atoms. The summed E-state index contributed by atoms with van der Waals surface area (Å²) < 4.78 is 0. The Bertz CT molecular complexity index is 380. The maximum Gasteiger partial charge on any atom is 0.0116 e. The highest BCUT2D eigenvalue weighted by atomic mass is 14.6. The van der Waals surface area contributed by atoms with E-state index < -0.39 is 0 Å². The molecule has 0 spiro atoms. The zero-order valence-corrected chi connectivity index (χ0v) is 15.9. The van der Waals surface area contributed by atoms with Gasteiger partial charge < -0.3 is 11.5 Å². The highest BCUT2D eigenvalue weighted by molar-refractivity contribution is 5.37. The van der Waals surface area contributed by atoms with Crippen molar-refractivity contribution in [2.75, 3.05) is 0 Å². The summed E-state index contributed by atoms with van der Waals surface area (Å²) in [5, 5.41) is 0. The molecule has 0 amide bonds. The van der Waals surface area contributed by atoms with Crippen molar-refractivity contribution in [3.05, 3.63) is 22.5 Å². The number of hydrogen-bond acceptors (Lipinski definition) is 2. The highest BCUT2D eigenvalue weighted by Gasteiger charge is 2.15. The third-order valence-corrected chi connectivity index (χ3v) is 5.89. The van der Waals surface area contributed by atoms with Crippen LogP contribution < -0.4 is 11.5 Å². The minimum absolute atomic E-state index is 1.08. The summed E-state index contributed by atoms with van der Waals surface area (Å²) in [6, 6.07) is 0. The summed E-state index contributed by atoms with van der Waals surface area (Å²) in [7, 11) is 0. The quantitative estimate of drug-likeness (QED) is 0.579. The number of nitrogens with two attached hydrogens (primary N) is 2. The number of allylic oxidation sites excluding steroid dienone is 4. The lowest BCUT2D eigenvalue weighted by atomic mass is 9.90. The summed E-state index contributed by atoms with van der Waals surface area (Å²) in [5.74, 6) is 0. The van der Waals surface area contributed by atoms with E-state index in [0.29, 0.717) is 0 Å². The van der Waals surface area contributed by atoms with E-state index >= 15 is 0 Å². The Hall–Kier alpha value is -0.920. The van der Waals surface area contributed by atoms with E-state index in [0.717, 1.165) is 37.1 Å². The van der Waals surface area contributed by atoms with Crippen LogP contribution in [0.5, 0.6) is 0 Å². The summed E-state index contributed by atoms with van der Waals surface area (Å²) in [6.07, 6.45) is 23.3. The molecule has 2 aliphatic rings. The molecule has 2 rings (SSSR count). The fourth-order valence-corrected chi connectivity index (χ4v) is 4.31. The second-order valence-electron chi connectivity index (χ2n) is 7.96. The van der Waals surface area contributed by atoms with E-state index in [-0.39, 0.29) is 0 Å². The van der Waals surface area contributed by atoms with Crippen molar-refractivity contribution < 1.29 is 0 Å². The molecule has 2 aliphatic carbocycles. The molecule has 0 saturated carbocycles. The summed E-state index contributed by atoms with van der Waals surface area (Å²) in [4.78, 5) is 0. The molecule has 4 N–H and O–H groups in total. The lowest BCUT2D eigenvalue weighted by Crippen LogP contribution is -2.11. The normalized spacial score (nSPS) is 30.2. The van der Waals surface area contributed by atoms with Crippen LogP contribution in [0.3, 0.4) is 0 Å². The average molecular weight is 333 g/mol. The van der Waals surface area contributed by atoms with Crippen LogP contribution in [0, 0.1) is 0 Å². The van der Waals surface area contributed by atoms with Gasteiger partial charge in [0.15, 0.2) is 0 Å². The second-order valence-corrected chi connectivity index (χ2v) is 7.96. The van der Waals surface area contributed by atoms with E-state index in [9.17, 15) is 0 Å². The van der Waals surface area contributed by atoms with Crippen LogP contribution >= 0.6 is 0 Å². The standard InChI is InChI=1S/C22H40N2/c23-21-17-13-9-5-1-3-7-11-15-19(21)20-16-12-8-4-2-6-10-14-18-22(20)24/h1-18,23-24H2/b21-19-,22-20-. The van der Waals surface area contributed by atoms with Crippen LogP contribution in [0.1, 0.15) is 116 Å². The van der Waals surface area contributed by atoms with E-state index in [1.54, 1.807) is 0 Å². The molecule has 0 aromatic carbocycles. The molecule has 0 saturated heterocycles. The Morgan fingerprint density at radius 3 is 0.917 bits per heavy atom. The third-order valence-electron chi connectivity index (χ3n) is 5.89. The van der Waals surface area contributed by atoms with Crippen molar-refractivity contribution in [3.63, 3.8) is 0 Å². The second kappa shape index (κ2) is 11.6. The van der Waals surface area contributed by atoms with Crippen LogP contribution in [0.2, 0.25) is 0 Å². The van der Waals surface area contributed by atoms with Gasteiger partial charge in [0.05, 0.1) is 0 Å². The maximum absolute atomic E-state index is 6.59. The number of hydrogen-bond donors (Lipinski definition) is 2. The highest BCUT2D eigenvalue weighted by Crippen LogP contribution is 2.31. The minimum Gasteiger partial charge on any atom is -0.402 e. The fourth-order valence-electron chi connectivity index (χ4n) is 4.31. The van der Waals surface area contributed by atoms with Gasteiger partial charge in [0.1, 0.15) is 0 Å². The van der Waals surface area contributed by atoms with Crippen molar-refractivity contribution in [2.45, 2.75) is 116 Å². The molecule has 0 radical (unpaired) electrons. The molecular formula is C22H40N2. The van der Waals surface area contributed by atoms with Crippen LogP contribution in [-0.2, 0) is 0 Å². The molecule has 0 heterocycles. The molecule has 0 aliphatic heterocycles. The Morgan fingerprint density at radius 1 is 0.333 bits per heavy atom. The molecule has 138 valence electrons. The molecule has 0 aromatic heterocycles. The molecule has 0 aromatic rings. The fraction of sp³-hybridized carbons (Fsp3) is 0.818. The van der Waals surface area contributed by atoms with Crippen molar-refractivity contribution in [2.24, 2.45) is 11.5 Å². The Labute approximate surface area is 150 Å². The Morgan fingerprint density at radius 2 is 0.583 bits per heavy atom. The Kier molecular flexibility index (Phi) is 9.38. The molecule has 24 heavy (non-hydrogen) atoms. The van der Waals surface area contributed by atoms with Gasteiger partial charge in [-0.1, -0.05) is 64.2 Å². The van der Waals surface area contributed by atoms with Gasteiger partial charge in [-0.05, 0) is 62.5 Å². The van der Waals surface area contributed by atoms with Gasteiger partial charge >= 0.3 is 0 Å². The SMILES string of the molecule is N/C1=C(\C2=C(/N)CCCCCCCCC2)CCCCCCCCC1. The van der Waals surface area contributed by atoms with Crippen molar-refractivity contribution in [1.82, 2.24) is 0 Å². The van der Waals surface area contributed by atoms with Gasteiger partial charge in [-0.2, -0.15) is 0 Å². The topological polar surface area (TPSA) is 52.0 Å². The summed E-state index contributed by atoms with van der Waals surface area (Å²) in [5.41, 5.74) is 18.4. The Balaban J connectivity index is 2.17. The average Bonchev–Trinajstić information content (AvgIpc) is 2.65. The lowest BCUT2D eigenvalue weighted by molar-refractivity contribution is 0.584. The molecule has 2 nitrogen and oxygen atoms in total. The first kappa shape index (κ1) is 19.4. The van der Waals surface area contributed by atoms with Crippen LogP contribution in [-0.4, -0.2) is 0 Å². The van der Waals surface area contributed by atoms with E-state index in [1.165, 1.54) is 101 Å². The minimum atomic E-state index is 1.08. The third kappa shape index (κ3) is 6.91. The zero-order chi connectivity index (χ0) is 17.0. The lowest BCUT2D eigenvalue weighted by Gasteiger charge is -2.19.